The Kier molecular flexibility index (Phi) is 11.1. The molecular weight excluding hydrogens is 632 g/mol. The lowest BCUT2D eigenvalue weighted by atomic mass is 10.3. The second kappa shape index (κ2) is 16.4. The minimum Gasteiger partial charge on any atom is -0.441 e. The molecule has 1 saturated heterocycles. The van der Waals surface area contributed by atoms with Crippen LogP contribution in [0, 0.1) is 0 Å². The Balaban J connectivity index is 1.37. The molecule has 0 bridgehead atoms. The molecule has 4 aromatic carbocycles. The molecule has 48 heavy (non-hydrogen) atoms. The zero-order valence-corrected chi connectivity index (χ0v) is 24.6. The minimum absolute atomic E-state index is 0.125. The molecule has 14 heteroatoms. The smallest absolute Gasteiger partial charge is 0.441 e. The third-order valence-corrected chi connectivity index (χ3v) is 5.68. The van der Waals surface area contributed by atoms with Crippen molar-refractivity contribution in [2.45, 2.75) is 12.6 Å². The zero-order valence-electron chi connectivity index (χ0n) is 24.6. The summed E-state index contributed by atoms with van der Waals surface area (Å²) in [7, 11) is 0. The van der Waals surface area contributed by atoms with Crippen LogP contribution in [-0.4, -0.2) is 37.2 Å². The molecule has 0 spiro atoms. The summed E-state index contributed by atoms with van der Waals surface area (Å²) in [5, 5.41) is 0. The van der Waals surface area contributed by atoms with E-state index in [9.17, 15) is 19.2 Å². The predicted molar refractivity (Wildman–Crippen MR) is 160 cm³/mol. The summed E-state index contributed by atoms with van der Waals surface area (Å²) in [6, 6.07) is 31.7. The zero-order chi connectivity index (χ0) is 33.6. The van der Waals surface area contributed by atoms with Gasteiger partial charge in [-0.1, -0.05) is 72.8 Å². The second-order valence-electron chi connectivity index (χ2n) is 9.07. The molecule has 0 radical (unpaired) electrons. The maximum absolute atomic E-state index is 12.7. The van der Waals surface area contributed by atoms with E-state index < -0.39 is 48.7 Å². The molecular formula is C34H24O14. The van der Waals surface area contributed by atoms with Gasteiger partial charge in [-0.2, -0.15) is 0 Å². The van der Waals surface area contributed by atoms with E-state index in [1.807, 2.05) is 0 Å². The summed E-state index contributed by atoms with van der Waals surface area (Å²) in [6.07, 6.45) is -7.31. The summed E-state index contributed by atoms with van der Waals surface area (Å²) < 4.78 is 52.3. The summed E-state index contributed by atoms with van der Waals surface area (Å²) in [4.78, 5) is 50.1. The lowest BCUT2D eigenvalue weighted by molar-refractivity contribution is -0.199. The third kappa shape index (κ3) is 10.0. The van der Waals surface area contributed by atoms with E-state index in [0.29, 0.717) is 12.5 Å². The fourth-order valence-electron chi connectivity index (χ4n) is 3.63. The number of ether oxygens (including phenoxy) is 10. The first-order chi connectivity index (χ1) is 23.4. The first-order valence-electron chi connectivity index (χ1n) is 13.9. The van der Waals surface area contributed by atoms with Gasteiger partial charge in [-0.15, -0.1) is 0 Å². The van der Waals surface area contributed by atoms with Gasteiger partial charge in [0.1, 0.15) is 35.5 Å². The van der Waals surface area contributed by atoms with Crippen LogP contribution < -0.4 is 18.9 Å². The van der Waals surface area contributed by atoms with Crippen molar-refractivity contribution in [2.24, 2.45) is 0 Å². The van der Waals surface area contributed by atoms with Gasteiger partial charge in [-0.05, 0) is 48.5 Å². The van der Waals surface area contributed by atoms with Gasteiger partial charge in [-0.3, -0.25) is 0 Å². The molecule has 0 N–H and O–H groups in total. The van der Waals surface area contributed by atoms with Gasteiger partial charge >= 0.3 is 37.2 Å². The van der Waals surface area contributed by atoms with Crippen LogP contribution in [0.15, 0.2) is 145 Å². The summed E-state index contributed by atoms with van der Waals surface area (Å²) >= 11 is 0. The number of carbonyl (C=O) groups excluding carboxylic acids is 4. The fourth-order valence-corrected chi connectivity index (χ4v) is 3.63. The Bertz CT molecular complexity index is 1610. The Hall–Kier alpha value is -6.96. The molecule has 244 valence electrons. The van der Waals surface area contributed by atoms with Crippen LogP contribution >= 0.6 is 0 Å². The molecule has 4 aromatic rings. The van der Waals surface area contributed by atoms with Crippen LogP contribution in [0.2, 0.25) is 0 Å². The summed E-state index contributed by atoms with van der Waals surface area (Å²) in [5.74, 6) is -0.468. The maximum Gasteiger partial charge on any atom is 0.518 e. The highest BCUT2D eigenvalue weighted by Gasteiger charge is 2.40. The molecule has 1 heterocycles. The van der Waals surface area contributed by atoms with Crippen LogP contribution in [0.5, 0.6) is 23.0 Å². The Morgan fingerprint density at radius 3 is 0.979 bits per heavy atom. The normalized spacial score (nSPS) is 16.7. The fraction of sp³-hybridized carbons (Fsp3) is 0.0588. The average molecular weight is 657 g/mol. The van der Waals surface area contributed by atoms with Crippen molar-refractivity contribution in [1.29, 1.82) is 0 Å². The molecule has 5 rings (SSSR count). The monoisotopic (exact) mass is 656 g/mol. The highest BCUT2D eigenvalue weighted by molar-refractivity contribution is 5.66. The minimum atomic E-state index is -1.85. The van der Waals surface area contributed by atoms with Crippen LogP contribution in [0.4, 0.5) is 19.2 Å². The molecule has 1 aliphatic heterocycles. The molecule has 2 unspecified atom stereocenters. The van der Waals surface area contributed by atoms with E-state index in [0.717, 1.165) is 0 Å². The second-order valence-corrected chi connectivity index (χ2v) is 9.07. The van der Waals surface area contributed by atoms with Crippen LogP contribution in [0.3, 0.4) is 0 Å². The topological polar surface area (TPSA) is 161 Å². The Morgan fingerprint density at radius 1 is 0.417 bits per heavy atom. The number of para-hydroxylation sites is 4. The quantitative estimate of drug-likeness (QED) is 0.0808. The average Bonchev–Trinajstić information content (AvgIpc) is 3.09. The van der Waals surface area contributed by atoms with Gasteiger partial charge < -0.3 is 47.4 Å². The Labute approximate surface area is 272 Å². The van der Waals surface area contributed by atoms with E-state index in [1.54, 1.807) is 72.8 Å². The molecule has 0 aromatic heterocycles. The van der Waals surface area contributed by atoms with Crippen LogP contribution in [0.25, 0.3) is 0 Å². The summed E-state index contributed by atoms with van der Waals surface area (Å²) in [5.41, 5.74) is 0. The standard InChI is InChI=1S/C34H24O14/c35-31(41-23-13-5-1-6-14-23)39-21-27-29(47-33(37)43-25-17-9-3-10-18-25)46-28(22-40-32(36)42-24-15-7-2-8-16-24)30(45-27)48-34(38)44-26-19-11-4-12-20-26/h1-22,29-30H. The van der Waals surface area contributed by atoms with E-state index in [2.05, 4.69) is 0 Å². The van der Waals surface area contributed by atoms with Gasteiger partial charge in [0.25, 0.3) is 0 Å². The number of carbonyl (C=O) groups is 4. The lowest BCUT2D eigenvalue weighted by Crippen LogP contribution is -2.39. The molecule has 1 aliphatic rings. The van der Waals surface area contributed by atoms with Crippen molar-refractivity contribution < 1.29 is 66.5 Å². The molecule has 0 saturated carbocycles. The van der Waals surface area contributed by atoms with Crippen molar-refractivity contribution in [1.82, 2.24) is 0 Å². The summed E-state index contributed by atoms with van der Waals surface area (Å²) in [6.45, 7) is 0. The number of rotatable bonds is 8. The van der Waals surface area contributed by atoms with Crippen molar-refractivity contribution in [2.75, 3.05) is 0 Å². The molecule has 2 atom stereocenters. The van der Waals surface area contributed by atoms with Crippen molar-refractivity contribution in [3.05, 3.63) is 145 Å². The van der Waals surface area contributed by atoms with Gasteiger partial charge in [0.15, 0.2) is 0 Å². The van der Waals surface area contributed by atoms with Crippen LogP contribution in [0.1, 0.15) is 0 Å². The first-order valence-corrected chi connectivity index (χ1v) is 13.9. The van der Waals surface area contributed by atoms with Crippen molar-refractivity contribution >= 4 is 24.6 Å². The van der Waals surface area contributed by atoms with Gasteiger partial charge in [0, 0.05) is 0 Å². The molecule has 0 amide bonds. The van der Waals surface area contributed by atoms with Crippen LogP contribution in [-0.2, 0) is 28.4 Å². The van der Waals surface area contributed by atoms with E-state index in [4.69, 9.17) is 47.4 Å². The van der Waals surface area contributed by atoms with E-state index in [1.165, 1.54) is 48.5 Å². The van der Waals surface area contributed by atoms with E-state index >= 15 is 0 Å². The predicted octanol–water partition coefficient (Wildman–Crippen LogP) is 7.23. The maximum atomic E-state index is 12.7. The molecule has 0 aliphatic carbocycles. The van der Waals surface area contributed by atoms with Gasteiger partial charge in [0.2, 0.25) is 11.5 Å². The van der Waals surface area contributed by atoms with E-state index in [-0.39, 0.29) is 23.0 Å². The van der Waals surface area contributed by atoms with Gasteiger partial charge in [-0.25, -0.2) is 19.2 Å². The third-order valence-electron chi connectivity index (χ3n) is 5.68. The lowest BCUT2D eigenvalue weighted by Gasteiger charge is -2.31. The number of hydrogen-bond acceptors (Lipinski definition) is 14. The SMILES string of the molecule is O=C(OC=C1OC(OC(=O)Oc2ccccc2)C(=COC(=O)Oc2ccccc2)OC1OC(=O)Oc1ccccc1)Oc1ccccc1. The van der Waals surface area contributed by atoms with Crippen molar-refractivity contribution in [3.8, 4) is 23.0 Å². The largest absolute Gasteiger partial charge is 0.518 e. The van der Waals surface area contributed by atoms with Gasteiger partial charge in [0.05, 0.1) is 0 Å². The number of benzene rings is 4. The molecule has 14 nitrogen and oxygen atoms in total. The first kappa shape index (κ1) is 32.4. The molecule has 1 fully saturated rings. The Morgan fingerprint density at radius 2 is 0.688 bits per heavy atom. The highest BCUT2D eigenvalue weighted by Crippen LogP contribution is 2.30. The van der Waals surface area contributed by atoms with Crippen molar-refractivity contribution in [3.63, 3.8) is 0 Å². The highest BCUT2D eigenvalue weighted by atomic mass is 16.8. The number of hydrogen-bond donors (Lipinski definition) is 0.